The quantitative estimate of drug-likeness (QED) is 0.557. The number of fused-ring (bicyclic) bond motifs is 1. The van der Waals surface area contributed by atoms with Crippen LogP contribution in [0.5, 0.6) is 23.0 Å². The molecule has 1 aliphatic heterocycles. The van der Waals surface area contributed by atoms with Crippen LogP contribution in [0.15, 0.2) is 54.6 Å². The minimum atomic E-state index is 0.605. The third kappa shape index (κ3) is 4.78. The molecule has 0 N–H and O–H groups in total. The van der Waals surface area contributed by atoms with Crippen LogP contribution in [0.2, 0.25) is 0 Å². The Kier molecular flexibility index (Phi) is 6.33. The predicted octanol–water partition coefficient (Wildman–Crippen LogP) is 5.08. The van der Waals surface area contributed by atoms with Crippen molar-refractivity contribution in [3.8, 4) is 34.1 Å². The Morgan fingerprint density at radius 1 is 0.839 bits per heavy atom. The van der Waals surface area contributed by atoms with E-state index >= 15 is 0 Å². The molecule has 0 aromatic heterocycles. The second kappa shape index (κ2) is 9.31. The fraction of sp³-hybridized carbons (Fsp3) is 0.308. The van der Waals surface area contributed by atoms with E-state index in [1.165, 1.54) is 11.1 Å². The highest BCUT2D eigenvalue weighted by Crippen LogP contribution is 2.38. The van der Waals surface area contributed by atoms with Crippen LogP contribution in [0.1, 0.15) is 16.7 Å². The Morgan fingerprint density at radius 3 is 2.19 bits per heavy atom. The standard InChI is InChI=1S/C26H29NO4/c1-18-5-7-20(8-6-18)21-13-22-17-27(9-10-31-26(22)25(14-21)30-4)16-19-11-23(28-2)15-24(12-19)29-3/h5-8,11-15H,9-10,16-17H2,1-4H3. The summed E-state index contributed by atoms with van der Waals surface area (Å²) < 4.78 is 22.7. The highest BCUT2D eigenvalue weighted by Gasteiger charge is 2.21. The van der Waals surface area contributed by atoms with Gasteiger partial charge >= 0.3 is 0 Å². The van der Waals surface area contributed by atoms with Crippen LogP contribution in [0.4, 0.5) is 0 Å². The number of aryl methyl sites for hydroxylation is 1. The third-order valence-electron chi connectivity index (χ3n) is 5.60. The van der Waals surface area contributed by atoms with E-state index in [9.17, 15) is 0 Å². The zero-order chi connectivity index (χ0) is 21.8. The number of hydrogen-bond acceptors (Lipinski definition) is 5. The monoisotopic (exact) mass is 419 g/mol. The van der Waals surface area contributed by atoms with Gasteiger partial charge in [-0.1, -0.05) is 29.8 Å². The Morgan fingerprint density at radius 2 is 1.55 bits per heavy atom. The molecule has 0 fully saturated rings. The number of hydrogen-bond donors (Lipinski definition) is 0. The van der Waals surface area contributed by atoms with Crippen LogP contribution in [-0.4, -0.2) is 39.4 Å². The average Bonchev–Trinajstić information content (AvgIpc) is 3.00. The molecule has 1 heterocycles. The Hall–Kier alpha value is -3.18. The molecule has 3 aromatic carbocycles. The smallest absolute Gasteiger partial charge is 0.165 e. The molecule has 0 radical (unpaired) electrons. The van der Waals surface area contributed by atoms with Gasteiger partial charge in [0, 0.05) is 31.3 Å². The molecule has 0 amide bonds. The van der Waals surface area contributed by atoms with Crippen LogP contribution in [0, 0.1) is 6.92 Å². The summed E-state index contributed by atoms with van der Waals surface area (Å²) in [7, 11) is 5.05. The highest BCUT2D eigenvalue weighted by molar-refractivity contribution is 5.69. The molecule has 0 saturated carbocycles. The molecule has 1 aliphatic rings. The second-order valence-corrected chi connectivity index (χ2v) is 7.81. The van der Waals surface area contributed by atoms with Gasteiger partial charge in [-0.15, -0.1) is 0 Å². The van der Waals surface area contributed by atoms with Crippen molar-refractivity contribution in [2.45, 2.75) is 20.0 Å². The maximum Gasteiger partial charge on any atom is 0.165 e. The number of methoxy groups -OCH3 is 3. The van der Waals surface area contributed by atoms with Gasteiger partial charge in [-0.25, -0.2) is 0 Å². The summed E-state index contributed by atoms with van der Waals surface area (Å²) in [5, 5.41) is 0. The van der Waals surface area contributed by atoms with Crippen molar-refractivity contribution in [3.05, 3.63) is 71.3 Å². The molecule has 0 spiro atoms. The van der Waals surface area contributed by atoms with Gasteiger partial charge in [-0.2, -0.15) is 0 Å². The molecule has 3 aromatic rings. The fourth-order valence-corrected chi connectivity index (χ4v) is 3.95. The van der Waals surface area contributed by atoms with Crippen molar-refractivity contribution in [1.82, 2.24) is 4.90 Å². The van der Waals surface area contributed by atoms with Gasteiger partial charge < -0.3 is 18.9 Å². The first-order chi connectivity index (χ1) is 15.1. The molecule has 4 rings (SSSR count). The highest BCUT2D eigenvalue weighted by atomic mass is 16.5. The summed E-state index contributed by atoms with van der Waals surface area (Å²) in [6.07, 6.45) is 0. The van der Waals surface area contributed by atoms with Crippen molar-refractivity contribution in [2.75, 3.05) is 34.5 Å². The average molecular weight is 420 g/mol. The van der Waals surface area contributed by atoms with E-state index in [2.05, 4.69) is 60.4 Å². The lowest BCUT2D eigenvalue weighted by Crippen LogP contribution is -2.25. The van der Waals surface area contributed by atoms with Gasteiger partial charge in [-0.05, 0) is 47.9 Å². The lowest BCUT2D eigenvalue weighted by Gasteiger charge is -2.20. The lowest BCUT2D eigenvalue weighted by molar-refractivity contribution is 0.216. The third-order valence-corrected chi connectivity index (χ3v) is 5.60. The zero-order valence-electron chi connectivity index (χ0n) is 18.6. The summed E-state index contributed by atoms with van der Waals surface area (Å²) >= 11 is 0. The SMILES string of the molecule is COc1cc(CN2CCOc3c(cc(-c4ccc(C)cc4)cc3OC)C2)cc(OC)c1. The summed E-state index contributed by atoms with van der Waals surface area (Å²) in [6.45, 7) is 5.06. The van der Waals surface area contributed by atoms with E-state index in [-0.39, 0.29) is 0 Å². The molecule has 0 aliphatic carbocycles. The predicted molar refractivity (Wildman–Crippen MR) is 122 cm³/mol. The maximum atomic E-state index is 6.12. The largest absolute Gasteiger partial charge is 0.497 e. The molecule has 5 heteroatoms. The Labute approximate surface area is 184 Å². The van der Waals surface area contributed by atoms with E-state index in [0.717, 1.165) is 59.3 Å². The maximum absolute atomic E-state index is 6.12. The minimum Gasteiger partial charge on any atom is -0.497 e. The van der Waals surface area contributed by atoms with Crippen molar-refractivity contribution >= 4 is 0 Å². The van der Waals surface area contributed by atoms with Crippen LogP contribution in [-0.2, 0) is 13.1 Å². The molecular formula is C26H29NO4. The minimum absolute atomic E-state index is 0.605. The Balaban J connectivity index is 1.64. The number of rotatable bonds is 6. The fourth-order valence-electron chi connectivity index (χ4n) is 3.95. The Bertz CT molecular complexity index is 1020. The number of nitrogens with zero attached hydrogens (tertiary/aromatic N) is 1. The van der Waals surface area contributed by atoms with Crippen molar-refractivity contribution in [3.63, 3.8) is 0 Å². The summed E-state index contributed by atoms with van der Waals surface area (Å²) in [6, 6.07) is 18.8. The summed E-state index contributed by atoms with van der Waals surface area (Å²) in [5.41, 5.74) is 5.81. The molecule has 162 valence electrons. The molecule has 0 saturated heterocycles. The van der Waals surface area contributed by atoms with Gasteiger partial charge in [0.05, 0.1) is 21.3 Å². The molecule has 0 bridgehead atoms. The van der Waals surface area contributed by atoms with E-state index < -0.39 is 0 Å². The van der Waals surface area contributed by atoms with Crippen molar-refractivity contribution in [2.24, 2.45) is 0 Å². The molecule has 0 atom stereocenters. The van der Waals surface area contributed by atoms with Crippen LogP contribution in [0.3, 0.4) is 0 Å². The normalized spacial score (nSPS) is 13.7. The second-order valence-electron chi connectivity index (χ2n) is 7.81. The van der Waals surface area contributed by atoms with Crippen LogP contribution >= 0.6 is 0 Å². The van der Waals surface area contributed by atoms with E-state index in [1.54, 1.807) is 21.3 Å². The van der Waals surface area contributed by atoms with E-state index in [0.29, 0.717) is 6.61 Å². The van der Waals surface area contributed by atoms with Gasteiger partial charge in [0.25, 0.3) is 0 Å². The number of benzene rings is 3. The van der Waals surface area contributed by atoms with Gasteiger partial charge in [-0.3, -0.25) is 4.90 Å². The first kappa shape index (κ1) is 21.1. The molecule has 31 heavy (non-hydrogen) atoms. The molecule has 0 unspecified atom stereocenters. The lowest BCUT2D eigenvalue weighted by atomic mass is 10.0. The molecular weight excluding hydrogens is 390 g/mol. The van der Waals surface area contributed by atoms with Crippen molar-refractivity contribution < 1.29 is 18.9 Å². The molecule has 5 nitrogen and oxygen atoms in total. The summed E-state index contributed by atoms with van der Waals surface area (Å²) in [4.78, 5) is 2.37. The zero-order valence-corrected chi connectivity index (χ0v) is 18.6. The summed E-state index contributed by atoms with van der Waals surface area (Å²) in [5.74, 6) is 3.20. The first-order valence-electron chi connectivity index (χ1n) is 10.4. The van der Waals surface area contributed by atoms with Gasteiger partial charge in [0.1, 0.15) is 18.1 Å². The first-order valence-corrected chi connectivity index (χ1v) is 10.4. The van der Waals surface area contributed by atoms with Crippen LogP contribution in [0.25, 0.3) is 11.1 Å². The van der Waals surface area contributed by atoms with Gasteiger partial charge in [0.2, 0.25) is 0 Å². The van der Waals surface area contributed by atoms with Crippen LogP contribution < -0.4 is 18.9 Å². The number of ether oxygens (including phenoxy) is 4. The topological polar surface area (TPSA) is 40.2 Å². The van der Waals surface area contributed by atoms with Crippen molar-refractivity contribution in [1.29, 1.82) is 0 Å². The van der Waals surface area contributed by atoms with E-state index in [4.69, 9.17) is 18.9 Å². The van der Waals surface area contributed by atoms with Gasteiger partial charge in [0.15, 0.2) is 11.5 Å². The van der Waals surface area contributed by atoms with E-state index in [1.807, 2.05) is 6.07 Å².